The van der Waals surface area contributed by atoms with Gasteiger partial charge in [0.15, 0.2) is 0 Å². The first kappa shape index (κ1) is 20.9. The van der Waals surface area contributed by atoms with E-state index in [0.29, 0.717) is 11.4 Å². The fourth-order valence-corrected chi connectivity index (χ4v) is 3.73. The van der Waals surface area contributed by atoms with Crippen molar-refractivity contribution in [3.05, 3.63) is 58.8 Å². The summed E-state index contributed by atoms with van der Waals surface area (Å²) in [5.74, 6) is 7.17. The molecule has 2 heterocycles. The number of hydrogen-bond donors (Lipinski definition) is 2. The van der Waals surface area contributed by atoms with Crippen LogP contribution in [0.2, 0.25) is 0 Å². The van der Waals surface area contributed by atoms with E-state index in [1.54, 1.807) is 6.20 Å². The number of nitrogens with zero attached hydrogens (tertiary/aromatic N) is 3. The van der Waals surface area contributed by atoms with Gasteiger partial charge in [-0.25, -0.2) is 9.98 Å². The standard InChI is InChI=1S/C23H30N4O2/c1-5-17-12-19(11-15(3)21(17)28)16(4)26-23(29-24)20-13-18(6-2)22(25-14-20)27-9-7-8-10-27/h11-14,28H,4-10,24H2,1-3H3. The first-order valence-electron chi connectivity index (χ1n) is 10.2. The van der Waals surface area contributed by atoms with Crippen molar-refractivity contribution < 1.29 is 9.94 Å². The van der Waals surface area contributed by atoms with Crippen LogP contribution in [0.3, 0.4) is 0 Å². The molecule has 0 radical (unpaired) electrons. The van der Waals surface area contributed by atoms with Crippen molar-refractivity contribution in [3.8, 4) is 5.75 Å². The van der Waals surface area contributed by atoms with Crippen molar-refractivity contribution in [2.24, 2.45) is 10.9 Å². The molecule has 6 heteroatoms. The minimum atomic E-state index is 0.272. The lowest BCUT2D eigenvalue weighted by molar-refractivity contribution is 0.322. The van der Waals surface area contributed by atoms with Gasteiger partial charge in [-0.1, -0.05) is 20.4 Å². The fraction of sp³-hybridized carbons (Fsp3) is 0.391. The van der Waals surface area contributed by atoms with Crippen molar-refractivity contribution in [2.75, 3.05) is 18.0 Å². The van der Waals surface area contributed by atoms with Crippen LogP contribution < -0.4 is 10.8 Å². The van der Waals surface area contributed by atoms with Gasteiger partial charge in [0, 0.05) is 24.8 Å². The maximum absolute atomic E-state index is 10.2. The Kier molecular flexibility index (Phi) is 6.54. The first-order valence-corrected chi connectivity index (χ1v) is 10.2. The molecule has 0 saturated carbocycles. The lowest BCUT2D eigenvalue weighted by Gasteiger charge is -2.20. The van der Waals surface area contributed by atoms with E-state index < -0.39 is 0 Å². The van der Waals surface area contributed by atoms with Gasteiger partial charge >= 0.3 is 0 Å². The molecule has 6 nitrogen and oxygen atoms in total. The fourth-order valence-electron chi connectivity index (χ4n) is 3.73. The molecule has 3 rings (SSSR count). The SMILES string of the molecule is C=C(N=C(ON)c1cnc(N2CCCC2)c(CC)c1)c1cc(C)c(O)c(CC)c1. The van der Waals surface area contributed by atoms with Gasteiger partial charge in [0.2, 0.25) is 5.90 Å². The minimum Gasteiger partial charge on any atom is -0.507 e. The Morgan fingerprint density at radius 3 is 2.45 bits per heavy atom. The minimum absolute atomic E-state index is 0.272. The van der Waals surface area contributed by atoms with Crippen LogP contribution in [0.5, 0.6) is 5.75 Å². The van der Waals surface area contributed by atoms with Gasteiger partial charge in [0.1, 0.15) is 11.6 Å². The van der Waals surface area contributed by atoms with Gasteiger partial charge in [-0.05, 0) is 67.5 Å². The van der Waals surface area contributed by atoms with Crippen molar-refractivity contribution in [3.63, 3.8) is 0 Å². The van der Waals surface area contributed by atoms with E-state index in [2.05, 4.69) is 28.4 Å². The van der Waals surface area contributed by atoms with Crippen molar-refractivity contribution >= 4 is 17.4 Å². The first-order chi connectivity index (χ1) is 14.0. The summed E-state index contributed by atoms with van der Waals surface area (Å²) in [5.41, 5.74) is 4.86. The Hall–Kier alpha value is -2.86. The number of nitrogens with two attached hydrogens (primary N) is 1. The molecule has 0 bridgehead atoms. The smallest absolute Gasteiger partial charge is 0.246 e. The number of anilines is 1. The highest BCUT2D eigenvalue weighted by molar-refractivity contribution is 5.97. The number of phenolic OH excluding ortho intramolecular Hbond substituents is 1. The van der Waals surface area contributed by atoms with Crippen LogP contribution in [-0.2, 0) is 17.7 Å². The summed E-state index contributed by atoms with van der Waals surface area (Å²) in [6.07, 6.45) is 5.75. The zero-order valence-electron chi connectivity index (χ0n) is 17.5. The van der Waals surface area contributed by atoms with Crippen LogP contribution in [0.4, 0.5) is 5.82 Å². The van der Waals surface area contributed by atoms with Gasteiger partial charge in [0.25, 0.3) is 0 Å². The number of aromatic nitrogens is 1. The number of benzene rings is 1. The summed E-state index contributed by atoms with van der Waals surface area (Å²) in [5, 5.41) is 10.2. The predicted octanol–water partition coefficient (Wildman–Crippen LogP) is 4.13. The van der Waals surface area contributed by atoms with Crippen molar-refractivity contribution in [1.29, 1.82) is 0 Å². The molecule has 29 heavy (non-hydrogen) atoms. The van der Waals surface area contributed by atoms with Gasteiger partial charge in [0.05, 0.1) is 11.3 Å². The van der Waals surface area contributed by atoms with E-state index in [9.17, 15) is 5.11 Å². The summed E-state index contributed by atoms with van der Waals surface area (Å²) in [4.78, 5) is 16.6. The molecule has 1 aliphatic heterocycles. The van der Waals surface area contributed by atoms with Crippen LogP contribution in [0, 0.1) is 6.92 Å². The number of pyridine rings is 1. The van der Waals surface area contributed by atoms with Gasteiger partial charge in [-0.2, -0.15) is 5.90 Å². The van der Waals surface area contributed by atoms with Crippen LogP contribution in [0.15, 0.2) is 36.0 Å². The second kappa shape index (κ2) is 9.09. The van der Waals surface area contributed by atoms with E-state index >= 15 is 0 Å². The van der Waals surface area contributed by atoms with Crippen LogP contribution in [0.25, 0.3) is 5.70 Å². The van der Waals surface area contributed by atoms with Crippen LogP contribution >= 0.6 is 0 Å². The van der Waals surface area contributed by atoms with Crippen molar-refractivity contribution in [2.45, 2.75) is 46.5 Å². The third-order valence-electron chi connectivity index (χ3n) is 5.42. The van der Waals surface area contributed by atoms with Crippen LogP contribution in [0.1, 0.15) is 54.5 Å². The summed E-state index contributed by atoms with van der Waals surface area (Å²) >= 11 is 0. The number of aliphatic imine (C=N–C) groups is 1. The average Bonchev–Trinajstić information content (AvgIpc) is 3.27. The Balaban J connectivity index is 1.93. The molecule has 0 aliphatic carbocycles. The second-order valence-corrected chi connectivity index (χ2v) is 7.39. The van der Waals surface area contributed by atoms with E-state index in [1.165, 1.54) is 12.8 Å². The molecule has 0 unspecified atom stereocenters. The summed E-state index contributed by atoms with van der Waals surface area (Å²) < 4.78 is 0. The highest BCUT2D eigenvalue weighted by atomic mass is 16.6. The Morgan fingerprint density at radius 2 is 1.83 bits per heavy atom. The second-order valence-electron chi connectivity index (χ2n) is 7.39. The summed E-state index contributed by atoms with van der Waals surface area (Å²) in [7, 11) is 0. The lowest BCUT2D eigenvalue weighted by atomic mass is 10.0. The van der Waals surface area contributed by atoms with Gasteiger partial charge in [-0.15, -0.1) is 0 Å². The molecule has 0 amide bonds. The summed E-state index contributed by atoms with van der Waals surface area (Å²) in [6.45, 7) is 12.1. The van der Waals surface area contributed by atoms with E-state index in [1.807, 2.05) is 32.0 Å². The highest BCUT2D eigenvalue weighted by Gasteiger charge is 2.18. The largest absolute Gasteiger partial charge is 0.507 e. The molecular weight excluding hydrogens is 364 g/mol. The van der Waals surface area contributed by atoms with Gasteiger partial charge in [-0.3, -0.25) is 0 Å². The molecule has 3 N–H and O–H groups in total. The van der Waals surface area contributed by atoms with E-state index in [4.69, 9.17) is 10.7 Å². The van der Waals surface area contributed by atoms with E-state index in [-0.39, 0.29) is 5.90 Å². The number of phenols is 1. The molecule has 0 atom stereocenters. The molecule has 1 fully saturated rings. The number of aryl methyl sites for hydroxylation is 3. The molecule has 0 spiro atoms. The molecule has 1 aromatic heterocycles. The predicted molar refractivity (Wildman–Crippen MR) is 118 cm³/mol. The molecule has 1 aliphatic rings. The number of hydrogen-bond acceptors (Lipinski definition) is 6. The molecule has 1 saturated heterocycles. The third-order valence-corrected chi connectivity index (χ3v) is 5.42. The normalized spacial score (nSPS) is 14.3. The average molecular weight is 395 g/mol. The van der Waals surface area contributed by atoms with Crippen molar-refractivity contribution in [1.82, 2.24) is 4.98 Å². The molecule has 1 aromatic carbocycles. The maximum atomic E-state index is 10.2. The zero-order chi connectivity index (χ0) is 21.0. The zero-order valence-corrected chi connectivity index (χ0v) is 17.5. The quantitative estimate of drug-likeness (QED) is 0.437. The molecular formula is C23H30N4O2. The van der Waals surface area contributed by atoms with E-state index in [0.717, 1.165) is 59.6 Å². The third kappa shape index (κ3) is 4.43. The topological polar surface area (TPSA) is 84.0 Å². The number of aromatic hydroxyl groups is 1. The Morgan fingerprint density at radius 1 is 1.17 bits per heavy atom. The highest BCUT2D eigenvalue weighted by Crippen LogP contribution is 2.28. The Labute approximate surface area is 172 Å². The molecule has 154 valence electrons. The van der Waals surface area contributed by atoms with Crippen LogP contribution in [-0.4, -0.2) is 29.1 Å². The Bertz CT molecular complexity index is 931. The monoisotopic (exact) mass is 394 g/mol. The molecule has 2 aromatic rings. The maximum Gasteiger partial charge on any atom is 0.246 e. The number of rotatable bonds is 6. The lowest BCUT2D eigenvalue weighted by Crippen LogP contribution is -2.21. The van der Waals surface area contributed by atoms with Gasteiger partial charge < -0.3 is 14.8 Å². The summed E-state index contributed by atoms with van der Waals surface area (Å²) in [6, 6.07) is 5.80.